The monoisotopic (exact) mass is 496 g/mol. The summed E-state index contributed by atoms with van der Waals surface area (Å²) in [4.78, 5) is 42.7. The molecule has 0 unspecified atom stereocenters. The first-order valence-electron chi connectivity index (χ1n) is 10.2. The van der Waals surface area contributed by atoms with E-state index in [4.69, 9.17) is 0 Å². The van der Waals surface area contributed by atoms with Crippen LogP contribution in [0.5, 0.6) is 0 Å². The summed E-state index contributed by atoms with van der Waals surface area (Å²) >= 11 is 1.99. The van der Waals surface area contributed by atoms with Gasteiger partial charge in [0.1, 0.15) is 5.82 Å². The molecule has 0 saturated carbocycles. The Morgan fingerprint density at radius 2 is 1.97 bits per heavy atom. The van der Waals surface area contributed by atoms with Gasteiger partial charge in [-0.3, -0.25) is 23.7 Å². The molecule has 1 saturated heterocycles. The number of thioether (sulfide) groups is 2. The molecule has 0 atom stereocenters. The van der Waals surface area contributed by atoms with Gasteiger partial charge in [-0.05, 0) is 36.0 Å². The maximum atomic E-state index is 13.9. The van der Waals surface area contributed by atoms with Gasteiger partial charge in [-0.25, -0.2) is 14.5 Å². The van der Waals surface area contributed by atoms with Crippen molar-refractivity contribution in [3.05, 3.63) is 64.8 Å². The van der Waals surface area contributed by atoms with Gasteiger partial charge in [0.2, 0.25) is 11.7 Å². The fourth-order valence-electron chi connectivity index (χ4n) is 3.45. The third kappa shape index (κ3) is 4.29. The van der Waals surface area contributed by atoms with Crippen LogP contribution in [0.15, 0.2) is 58.6 Å². The number of halogens is 1. The van der Waals surface area contributed by atoms with E-state index in [0.29, 0.717) is 10.9 Å². The standard InChI is InChI=1S/C22H17FN6O3S2/c23-14-6-2-1-5-13(14)11-17-19(31)28(22(32)34-17)10-9-24-18(30)12-33-21-27-26-20-25-15-7-3-4-8-16(15)29(20)21/h1-8,11H,9-10,12H2,(H,24,30)(H,25,26)/b17-11-. The predicted molar refractivity (Wildman–Crippen MR) is 128 cm³/mol. The van der Waals surface area contributed by atoms with E-state index in [9.17, 15) is 18.8 Å². The van der Waals surface area contributed by atoms with Crippen LogP contribution in [0.25, 0.3) is 22.9 Å². The Bertz CT molecular complexity index is 1460. The number of rotatable bonds is 7. The molecule has 0 bridgehead atoms. The van der Waals surface area contributed by atoms with Gasteiger partial charge in [-0.15, -0.1) is 5.10 Å². The number of benzene rings is 2. The third-order valence-corrected chi connectivity index (χ3v) is 6.90. The minimum atomic E-state index is -0.507. The molecule has 0 spiro atoms. The summed E-state index contributed by atoms with van der Waals surface area (Å²) in [5, 5.41) is 9.92. The average molecular weight is 497 g/mol. The Kier molecular flexibility index (Phi) is 6.07. The van der Waals surface area contributed by atoms with Crippen molar-refractivity contribution in [1.29, 1.82) is 0 Å². The summed E-state index contributed by atoms with van der Waals surface area (Å²) in [7, 11) is 0. The van der Waals surface area contributed by atoms with Crippen molar-refractivity contribution in [2.75, 3.05) is 18.8 Å². The van der Waals surface area contributed by atoms with Gasteiger partial charge in [-0.2, -0.15) is 0 Å². The van der Waals surface area contributed by atoms with E-state index in [1.807, 2.05) is 28.7 Å². The number of aromatic nitrogens is 4. The van der Waals surface area contributed by atoms with Crippen molar-refractivity contribution >= 4 is 63.5 Å². The van der Waals surface area contributed by atoms with Gasteiger partial charge in [0.15, 0.2) is 5.16 Å². The Labute approximate surface area is 200 Å². The van der Waals surface area contributed by atoms with Crippen LogP contribution in [-0.2, 0) is 9.59 Å². The van der Waals surface area contributed by atoms with E-state index in [-0.39, 0.29) is 35.2 Å². The van der Waals surface area contributed by atoms with Crippen LogP contribution in [0.2, 0.25) is 0 Å². The molecule has 0 aliphatic carbocycles. The molecule has 1 aliphatic heterocycles. The summed E-state index contributed by atoms with van der Waals surface area (Å²) in [6.07, 6.45) is 1.36. The van der Waals surface area contributed by atoms with Crippen LogP contribution in [0.1, 0.15) is 5.56 Å². The summed E-state index contributed by atoms with van der Waals surface area (Å²) in [5.41, 5.74) is 1.94. The average Bonchev–Trinajstić information content (AvgIpc) is 3.47. The molecule has 1 fully saturated rings. The van der Waals surface area contributed by atoms with Gasteiger partial charge in [0, 0.05) is 18.7 Å². The van der Waals surface area contributed by atoms with Gasteiger partial charge in [0.25, 0.3) is 11.1 Å². The normalized spacial score (nSPS) is 15.2. The Hall–Kier alpha value is -3.64. The molecular formula is C22H17FN6O3S2. The minimum Gasteiger partial charge on any atom is -0.354 e. The number of hydrogen-bond donors (Lipinski definition) is 2. The number of imide groups is 1. The molecule has 9 nitrogen and oxygen atoms in total. The number of H-pyrrole nitrogens is 1. The number of hydrogen-bond acceptors (Lipinski definition) is 7. The highest BCUT2D eigenvalue weighted by atomic mass is 32.2. The van der Waals surface area contributed by atoms with E-state index >= 15 is 0 Å². The van der Waals surface area contributed by atoms with Crippen LogP contribution >= 0.6 is 23.5 Å². The van der Waals surface area contributed by atoms with Crippen molar-refractivity contribution in [3.63, 3.8) is 0 Å². The minimum absolute atomic E-state index is 0.0223. The molecule has 3 amide bonds. The molecule has 2 aromatic heterocycles. The van der Waals surface area contributed by atoms with Crippen molar-refractivity contribution in [2.24, 2.45) is 0 Å². The fraction of sp³-hybridized carbons (Fsp3) is 0.136. The van der Waals surface area contributed by atoms with E-state index < -0.39 is 17.0 Å². The number of imidazole rings is 1. The second-order valence-corrected chi connectivity index (χ2v) is 9.19. The Morgan fingerprint density at radius 1 is 1.18 bits per heavy atom. The number of amides is 3. The van der Waals surface area contributed by atoms with Crippen molar-refractivity contribution in [3.8, 4) is 0 Å². The number of nitrogens with zero attached hydrogens (tertiary/aromatic N) is 4. The molecule has 4 aromatic rings. The first kappa shape index (κ1) is 22.2. The molecule has 0 radical (unpaired) electrons. The number of aromatic amines is 1. The number of carbonyl (C=O) groups excluding carboxylic acids is 3. The van der Waals surface area contributed by atoms with Crippen LogP contribution in [-0.4, -0.2) is 60.4 Å². The van der Waals surface area contributed by atoms with Gasteiger partial charge < -0.3 is 5.32 Å². The lowest BCUT2D eigenvalue weighted by atomic mass is 10.2. The van der Waals surface area contributed by atoms with E-state index in [2.05, 4.69) is 20.5 Å². The summed E-state index contributed by atoms with van der Waals surface area (Å²) in [5.74, 6) is -0.558. The van der Waals surface area contributed by atoms with Gasteiger partial charge in [-0.1, -0.05) is 42.1 Å². The molecule has 12 heteroatoms. The third-order valence-electron chi connectivity index (χ3n) is 5.06. The van der Waals surface area contributed by atoms with E-state index in [1.54, 1.807) is 12.1 Å². The topological polar surface area (TPSA) is 112 Å². The molecule has 1 aliphatic rings. The number of carbonyl (C=O) groups is 3. The Balaban J connectivity index is 1.15. The van der Waals surface area contributed by atoms with E-state index in [0.717, 1.165) is 27.7 Å². The smallest absolute Gasteiger partial charge is 0.293 e. The molecule has 2 aromatic carbocycles. The first-order chi connectivity index (χ1) is 16.5. The second kappa shape index (κ2) is 9.31. The lowest BCUT2D eigenvalue weighted by Crippen LogP contribution is -2.37. The molecule has 172 valence electrons. The highest BCUT2D eigenvalue weighted by molar-refractivity contribution is 8.18. The molecular weight excluding hydrogens is 479 g/mol. The first-order valence-corrected chi connectivity index (χ1v) is 12.0. The summed E-state index contributed by atoms with van der Waals surface area (Å²) in [6.45, 7) is 0.128. The number of fused-ring (bicyclic) bond motifs is 3. The maximum absolute atomic E-state index is 13.9. The summed E-state index contributed by atoms with van der Waals surface area (Å²) in [6, 6.07) is 13.6. The highest BCUT2D eigenvalue weighted by Gasteiger charge is 2.34. The largest absolute Gasteiger partial charge is 0.354 e. The van der Waals surface area contributed by atoms with Crippen molar-refractivity contribution in [1.82, 2.24) is 29.8 Å². The van der Waals surface area contributed by atoms with Crippen LogP contribution in [0.3, 0.4) is 0 Å². The molecule has 2 N–H and O–H groups in total. The van der Waals surface area contributed by atoms with Gasteiger partial charge >= 0.3 is 0 Å². The van der Waals surface area contributed by atoms with Crippen molar-refractivity contribution < 1.29 is 18.8 Å². The predicted octanol–water partition coefficient (Wildman–Crippen LogP) is 3.29. The molecule has 5 rings (SSSR count). The van der Waals surface area contributed by atoms with Crippen molar-refractivity contribution in [2.45, 2.75) is 5.16 Å². The van der Waals surface area contributed by atoms with Gasteiger partial charge in [0.05, 0.1) is 21.7 Å². The zero-order valence-corrected chi connectivity index (χ0v) is 19.2. The summed E-state index contributed by atoms with van der Waals surface area (Å²) < 4.78 is 15.7. The number of para-hydroxylation sites is 2. The number of nitrogens with one attached hydrogen (secondary N) is 2. The Morgan fingerprint density at radius 3 is 2.82 bits per heavy atom. The SMILES string of the molecule is O=C(CSc1n[nH]c2nc3ccccc3n12)NCCN1C(=O)S/C(=C\c2ccccc2F)C1=O. The highest BCUT2D eigenvalue weighted by Crippen LogP contribution is 2.32. The van der Waals surface area contributed by atoms with Crippen LogP contribution in [0, 0.1) is 5.82 Å². The quantitative estimate of drug-likeness (QED) is 0.298. The lowest BCUT2D eigenvalue weighted by molar-refractivity contribution is -0.123. The lowest BCUT2D eigenvalue weighted by Gasteiger charge is -2.12. The fourth-order valence-corrected chi connectivity index (χ4v) is 5.10. The van der Waals surface area contributed by atoms with Crippen LogP contribution in [0.4, 0.5) is 9.18 Å². The molecule has 3 heterocycles. The zero-order valence-electron chi connectivity index (χ0n) is 17.5. The second-order valence-electron chi connectivity index (χ2n) is 7.26. The molecule has 34 heavy (non-hydrogen) atoms. The van der Waals surface area contributed by atoms with E-state index in [1.165, 1.54) is 30.0 Å². The maximum Gasteiger partial charge on any atom is 0.293 e. The van der Waals surface area contributed by atoms with Crippen LogP contribution < -0.4 is 5.32 Å². The zero-order chi connectivity index (χ0) is 23.7.